The van der Waals surface area contributed by atoms with Gasteiger partial charge in [0.15, 0.2) is 5.13 Å². The van der Waals surface area contributed by atoms with Crippen LogP contribution in [-0.2, 0) is 9.59 Å². The van der Waals surface area contributed by atoms with Crippen LogP contribution < -0.4 is 9.64 Å². The number of nitrogens with zero attached hydrogens (tertiary/aromatic N) is 2. The Morgan fingerprint density at radius 3 is 2.60 bits per heavy atom. The molecule has 2 heterocycles. The summed E-state index contributed by atoms with van der Waals surface area (Å²) in [6, 6.07) is 16.1. The number of aliphatic hydroxyl groups excluding tert-OH is 1. The van der Waals surface area contributed by atoms with Crippen molar-refractivity contribution in [2.24, 2.45) is 0 Å². The van der Waals surface area contributed by atoms with Crippen LogP contribution >= 0.6 is 22.9 Å². The monoisotopic (exact) mass is 508 g/mol. The van der Waals surface area contributed by atoms with E-state index >= 15 is 4.39 Å². The van der Waals surface area contributed by atoms with Crippen molar-refractivity contribution in [1.29, 1.82) is 0 Å². The summed E-state index contributed by atoms with van der Waals surface area (Å²) in [7, 11) is 0. The first-order valence-electron chi connectivity index (χ1n) is 10.7. The number of Topliss-reactive ketones (excluding diaryl/α,β-unsaturated/α-hetero) is 1. The largest absolute Gasteiger partial charge is 0.507 e. The molecule has 9 heteroatoms. The third-order valence-corrected chi connectivity index (χ3v) is 6.90. The Balaban J connectivity index is 1.71. The van der Waals surface area contributed by atoms with Gasteiger partial charge in [0, 0.05) is 16.1 Å². The van der Waals surface area contributed by atoms with E-state index in [2.05, 4.69) is 4.98 Å². The van der Waals surface area contributed by atoms with Crippen LogP contribution in [0.15, 0.2) is 72.3 Å². The summed E-state index contributed by atoms with van der Waals surface area (Å²) < 4.78 is 21.3. The van der Waals surface area contributed by atoms with Crippen molar-refractivity contribution in [1.82, 2.24) is 4.98 Å². The lowest BCUT2D eigenvalue weighted by Gasteiger charge is -2.23. The molecule has 1 aromatic heterocycles. The van der Waals surface area contributed by atoms with Crippen molar-refractivity contribution in [3.63, 3.8) is 0 Å². The molecule has 3 aromatic carbocycles. The van der Waals surface area contributed by atoms with Crippen LogP contribution in [0.1, 0.15) is 24.1 Å². The number of amides is 1. The lowest BCUT2D eigenvalue weighted by molar-refractivity contribution is -0.132. The zero-order chi connectivity index (χ0) is 24.7. The molecule has 1 fully saturated rings. The third kappa shape index (κ3) is 4.05. The number of rotatable bonds is 5. The van der Waals surface area contributed by atoms with Gasteiger partial charge < -0.3 is 9.84 Å². The molecule has 6 nitrogen and oxygen atoms in total. The molecule has 0 radical (unpaired) electrons. The van der Waals surface area contributed by atoms with Gasteiger partial charge in [0.2, 0.25) is 0 Å². The molecule has 176 valence electrons. The van der Waals surface area contributed by atoms with E-state index < -0.39 is 29.3 Å². The Morgan fingerprint density at radius 2 is 1.89 bits per heavy atom. The fraction of sp³-hybridized carbons (Fsp3) is 0.115. The van der Waals surface area contributed by atoms with Gasteiger partial charge in [-0.1, -0.05) is 41.1 Å². The van der Waals surface area contributed by atoms with E-state index in [1.165, 1.54) is 41.7 Å². The van der Waals surface area contributed by atoms with Gasteiger partial charge in [-0.15, -0.1) is 0 Å². The smallest absolute Gasteiger partial charge is 0.301 e. The predicted octanol–water partition coefficient (Wildman–Crippen LogP) is 6.11. The number of aliphatic hydroxyl groups is 1. The van der Waals surface area contributed by atoms with Crippen molar-refractivity contribution in [2.45, 2.75) is 13.0 Å². The van der Waals surface area contributed by atoms with Crippen molar-refractivity contribution in [2.75, 3.05) is 11.5 Å². The molecule has 5 rings (SSSR count). The van der Waals surface area contributed by atoms with Crippen LogP contribution in [0.4, 0.5) is 9.52 Å². The van der Waals surface area contributed by atoms with Crippen LogP contribution in [0.2, 0.25) is 5.02 Å². The lowest BCUT2D eigenvalue weighted by Crippen LogP contribution is -2.29. The molecule has 0 bridgehead atoms. The zero-order valence-electron chi connectivity index (χ0n) is 18.4. The minimum absolute atomic E-state index is 0.0662. The van der Waals surface area contributed by atoms with E-state index in [1.54, 1.807) is 36.4 Å². The van der Waals surface area contributed by atoms with Crippen molar-refractivity contribution in [3.8, 4) is 5.75 Å². The van der Waals surface area contributed by atoms with Gasteiger partial charge in [-0.3, -0.25) is 14.5 Å². The topological polar surface area (TPSA) is 79.7 Å². The first-order chi connectivity index (χ1) is 16.9. The van der Waals surface area contributed by atoms with Crippen LogP contribution in [0.25, 0.3) is 16.0 Å². The van der Waals surface area contributed by atoms with Crippen LogP contribution in [0.3, 0.4) is 0 Å². The summed E-state index contributed by atoms with van der Waals surface area (Å²) >= 11 is 7.13. The highest BCUT2D eigenvalue weighted by Gasteiger charge is 2.49. The Kier molecular flexibility index (Phi) is 6.00. The zero-order valence-corrected chi connectivity index (χ0v) is 19.9. The maximum absolute atomic E-state index is 15.0. The molecular formula is C26H18ClFN2O4S. The van der Waals surface area contributed by atoms with Crippen molar-refractivity contribution < 1.29 is 23.8 Å². The average molecular weight is 509 g/mol. The van der Waals surface area contributed by atoms with E-state index in [1.807, 2.05) is 6.92 Å². The number of benzene rings is 3. The van der Waals surface area contributed by atoms with E-state index in [4.69, 9.17) is 16.3 Å². The number of ether oxygens (including phenoxy) is 1. The number of thiazole rings is 1. The standard InChI is InChI=1S/C26H18ClFN2O4S/c1-2-34-16-11-12-19-20(13-16)35-26(29-19)30-22(17-5-3-4-6-18(17)28)21(24(32)25(30)33)23(31)14-7-9-15(27)10-8-14/h3-13,22,31H,2H2,1H3. The van der Waals surface area contributed by atoms with Gasteiger partial charge >= 0.3 is 5.91 Å². The first-order valence-corrected chi connectivity index (χ1v) is 11.9. The number of fused-ring (bicyclic) bond motifs is 1. The second-order valence-electron chi connectivity index (χ2n) is 7.76. The molecule has 1 atom stereocenters. The third-order valence-electron chi connectivity index (χ3n) is 5.63. The molecule has 0 aliphatic carbocycles. The van der Waals surface area contributed by atoms with Gasteiger partial charge in [0.05, 0.1) is 22.4 Å². The number of ketones is 1. The Hall–Kier alpha value is -3.75. The summed E-state index contributed by atoms with van der Waals surface area (Å²) in [5.74, 6) is -2.23. The molecule has 1 N–H and O–H groups in total. The minimum Gasteiger partial charge on any atom is -0.507 e. The second-order valence-corrected chi connectivity index (χ2v) is 9.20. The predicted molar refractivity (Wildman–Crippen MR) is 133 cm³/mol. The first kappa shape index (κ1) is 23.0. The maximum Gasteiger partial charge on any atom is 0.301 e. The summed E-state index contributed by atoms with van der Waals surface area (Å²) in [6.45, 7) is 2.36. The van der Waals surface area contributed by atoms with Gasteiger partial charge in [0.1, 0.15) is 23.4 Å². The lowest BCUT2D eigenvalue weighted by atomic mass is 9.95. The van der Waals surface area contributed by atoms with Gasteiger partial charge in [-0.25, -0.2) is 9.37 Å². The molecular weight excluding hydrogens is 491 g/mol. The van der Waals surface area contributed by atoms with Gasteiger partial charge in [-0.2, -0.15) is 0 Å². The Bertz CT molecular complexity index is 1500. The van der Waals surface area contributed by atoms with Crippen molar-refractivity contribution >= 4 is 55.7 Å². The Labute approximate surface area is 208 Å². The highest BCUT2D eigenvalue weighted by atomic mass is 35.5. The van der Waals surface area contributed by atoms with E-state index in [0.29, 0.717) is 22.9 Å². The number of carbonyl (C=O) groups is 2. The van der Waals surface area contributed by atoms with Gasteiger partial charge in [0.25, 0.3) is 5.78 Å². The number of carbonyl (C=O) groups excluding carboxylic acids is 2. The Morgan fingerprint density at radius 1 is 1.14 bits per heavy atom. The molecule has 1 aliphatic heterocycles. The average Bonchev–Trinajstić information content (AvgIpc) is 3.37. The fourth-order valence-corrected chi connectivity index (χ4v) is 5.18. The van der Waals surface area contributed by atoms with E-state index in [-0.39, 0.29) is 21.8 Å². The maximum atomic E-state index is 15.0. The second kappa shape index (κ2) is 9.13. The molecule has 1 unspecified atom stereocenters. The normalized spacial score (nSPS) is 17.3. The number of anilines is 1. The summed E-state index contributed by atoms with van der Waals surface area (Å²) in [5.41, 5.74) is 0.716. The fourth-order valence-electron chi connectivity index (χ4n) is 4.04. The number of aromatic nitrogens is 1. The van der Waals surface area contributed by atoms with Gasteiger partial charge in [-0.05, 0) is 55.5 Å². The van der Waals surface area contributed by atoms with Crippen LogP contribution in [0, 0.1) is 5.82 Å². The summed E-state index contributed by atoms with van der Waals surface area (Å²) in [6.07, 6.45) is 0. The number of hydrogen-bond donors (Lipinski definition) is 1. The minimum atomic E-state index is -1.21. The van der Waals surface area contributed by atoms with E-state index in [0.717, 1.165) is 9.60 Å². The van der Waals surface area contributed by atoms with E-state index in [9.17, 15) is 14.7 Å². The number of halogens is 2. The summed E-state index contributed by atoms with van der Waals surface area (Å²) in [5, 5.41) is 11.7. The number of hydrogen-bond acceptors (Lipinski definition) is 6. The van der Waals surface area contributed by atoms with Crippen LogP contribution in [-0.4, -0.2) is 28.4 Å². The molecule has 1 amide bonds. The molecule has 4 aromatic rings. The molecule has 0 saturated carbocycles. The quantitative estimate of drug-likeness (QED) is 0.200. The highest BCUT2D eigenvalue weighted by molar-refractivity contribution is 7.22. The van der Waals surface area contributed by atoms with Crippen LogP contribution in [0.5, 0.6) is 5.75 Å². The molecule has 35 heavy (non-hydrogen) atoms. The SMILES string of the molecule is CCOc1ccc2nc(N3C(=O)C(=O)C(=C(O)c4ccc(Cl)cc4)C3c3ccccc3F)sc2c1. The molecule has 0 spiro atoms. The van der Waals surface area contributed by atoms with Crippen molar-refractivity contribution in [3.05, 3.63) is 94.3 Å². The highest BCUT2D eigenvalue weighted by Crippen LogP contribution is 2.45. The molecule has 1 aliphatic rings. The molecule has 1 saturated heterocycles. The summed E-state index contributed by atoms with van der Waals surface area (Å²) in [4.78, 5) is 32.2.